The highest BCUT2D eigenvalue weighted by molar-refractivity contribution is 7.84. The Balaban J connectivity index is 1.79. The molecule has 1 atom stereocenters. The smallest absolute Gasteiger partial charge is 0.422 e. The Labute approximate surface area is 143 Å². The van der Waals surface area contributed by atoms with E-state index in [1.807, 2.05) is 0 Å². The van der Waals surface area contributed by atoms with Crippen LogP contribution in [0.1, 0.15) is 11.3 Å². The molecule has 2 aromatic heterocycles. The molecule has 1 aromatic carbocycles. The first kappa shape index (κ1) is 17.4. The van der Waals surface area contributed by atoms with Gasteiger partial charge in [0.1, 0.15) is 22.1 Å². The molecular formula is C16H13F3N2O3S. The van der Waals surface area contributed by atoms with E-state index in [-0.39, 0.29) is 16.7 Å². The van der Waals surface area contributed by atoms with Crippen LogP contribution in [0.3, 0.4) is 0 Å². The molecule has 0 fully saturated rings. The first-order valence-corrected chi connectivity index (χ1v) is 8.53. The third-order valence-electron chi connectivity index (χ3n) is 3.39. The minimum absolute atomic E-state index is 0.0398. The Hall–Kier alpha value is -2.42. The lowest BCUT2D eigenvalue weighted by Gasteiger charge is -2.13. The zero-order valence-electron chi connectivity index (χ0n) is 13.0. The third kappa shape index (κ3) is 4.16. The van der Waals surface area contributed by atoms with Crippen LogP contribution in [0.4, 0.5) is 13.2 Å². The van der Waals surface area contributed by atoms with Gasteiger partial charge < -0.3 is 9.15 Å². The number of oxazole rings is 1. The molecule has 0 aliphatic heterocycles. The minimum Gasteiger partial charge on any atom is -0.484 e. The van der Waals surface area contributed by atoms with Crippen molar-refractivity contribution in [1.82, 2.24) is 9.97 Å². The number of ether oxygens (including phenoxy) is 1. The Morgan fingerprint density at radius 3 is 2.72 bits per heavy atom. The molecule has 0 N–H and O–H groups in total. The molecule has 0 aliphatic carbocycles. The van der Waals surface area contributed by atoms with Crippen molar-refractivity contribution in [3.8, 4) is 5.75 Å². The van der Waals surface area contributed by atoms with Crippen LogP contribution in [0.5, 0.6) is 5.75 Å². The van der Waals surface area contributed by atoms with Gasteiger partial charge >= 0.3 is 6.18 Å². The summed E-state index contributed by atoms with van der Waals surface area (Å²) in [7, 11) is -1.62. The van der Waals surface area contributed by atoms with E-state index in [0.29, 0.717) is 22.4 Å². The maximum Gasteiger partial charge on any atom is 0.422 e. The molecule has 3 rings (SSSR count). The van der Waals surface area contributed by atoms with E-state index < -0.39 is 23.6 Å². The molecule has 0 spiro atoms. The van der Waals surface area contributed by atoms with E-state index in [1.54, 1.807) is 31.2 Å². The molecule has 5 nitrogen and oxygen atoms in total. The van der Waals surface area contributed by atoms with Crippen LogP contribution < -0.4 is 4.74 Å². The molecule has 0 amide bonds. The van der Waals surface area contributed by atoms with Crippen LogP contribution in [-0.2, 0) is 16.6 Å². The van der Waals surface area contributed by atoms with Crippen LogP contribution in [0.15, 0.2) is 46.2 Å². The van der Waals surface area contributed by atoms with Crippen molar-refractivity contribution in [2.75, 3.05) is 6.61 Å². The van der Waals surface area contributed by atoms with Crippen molar-refractivity contribution in [2.45, 2.75) is 24.1 Å². The van der Waals surface area contributed by atoms with Crippen LogP contribution in [0.25, 0.3) is 11.1 Å². The maximum absolute atomic E-state index is 12.5. The average molecular weight is 370 g/mol. The molecule has 0 radical (unpaired) electrons. The predicted molar refractivity (Wildman–Crippen MR) is 84.6 cm³/mol. The standard InChI is InChI=1S/C16H13F3N2O3S/c1-10-12(20-7-6-13(10)23-9-16(17,18)19)8-25(22)15-21-11-4-2-3-5-14(11)24-15/h2-7H,8-9H2,1H3. The summed E-state index contributed by atoms with van der Waals surface area (Å²) < 4.78 is 59.6. The van der Waals surface area contributed by atoms with E-state index >= 15 is 0 Å². The average Bonchev–Trinajstić information content (AvgIpc) is 2.99. The predicted octanol–water partition coefficient (Wildman–Crippen LogP) is 3.78. The normalized spacial score (nSPS) is 13.1. The van der Waals surface area contributed by atoms with E-state index in [0.717, 1.165) is 0 Å². The third-order valence-corrected chi connectivity index (χ3v) is 4.49. The van der Waals surface area contributed by atoms with E-state index in [1.165, 1.54) is 12.3 Å². The van der Waals surface area contributed by atoms with Gasteiger partial charge in [0.15, 0.2) is 12.2 Å². The van der Waals surface area contributed by atoms with Crippen molar-refractivity contribution in [3.05, 3.63) is 47.8 Å². The molecule has 0 aliphatic rings. The highest BCUT2D eigenvalue weighted by Gasteiger charge is 2.29. The molecular weight excluding hydrogens is 357 g/mol. The molecule has 9 heteroatoms. The van der Waals surface area contributed by atoms with Crippen LogP contribution in [0, 0.1) is 6.92 Å². The summed E-state index contributed by atoms with van der Waals surface area (Å²) in [5.41, 5.74) is 1.85. The maximum atomic E-state index is 12.5. The lowest BCUT2D eigenvalue weighted by atomic mass is 10.2. The molecule has 0 saturated heterocycles. The summed E-state index contributed by atoms with van der Waals surface area (Å²) in [4.78, 5) is 8.23. The Morgan fingerprint density at radius 2 is 2.00 bits per heavy atom. The van der Waals surface area contributed by atoms with Gasteiger partial charge in [-0.2, -0.15) is 13.2 Å². The van der Waals surface area contributed by atoms with Gasteiger partial charge in [-0.3, -0.25) is 4.98 Å². The van der Waals surface area contributed by atoms with Crippen LogP contribution in [0.2, 0.25) is 0 Å². The van der Waals surface area contributed by atoms with Gasteiger partial charge in [-0.1, -0.05) is 12.1 Å². The fourth-order valence-corrected chi connectivity index (χ4v) is 3.20. The van der Waals surface area contributed by atoms with E-state index in [9.17, 15) is 17.4 Å². The lowest BCUT2D eigenvalue weighted by Crippen LogP contribution is -2.19. The van der Waals surface area contributed by atoms with Crippen molar-refractivity contribution in [3.63, 3.8) is 0 Å². The number of halogens is 3. The Bertz CT molecular complexity index is 891. The number of hydrogen-bond donors (Lipinski definition) is 0. The Morgan fingerprint density at radius 1 is 1.24 bits per heavy atom. The molecule has 0 bridgehead atoms. The number of rotatable bonds is 5. The largest absolute Gasteiger partial charge is 0.484 e. The van der Waals surface area contributed by atoms with Crippen molar-refractivity contribution in [1.29, 1.82) is 0 Å². The monoisotopic (exact) mass is 370 g/mol. The first-order valence-electron chi connectivity index (χ1n) is 7.21. The topological polar surface area (TPSA) is 65.2 Å². The first-order chi connectivity index (χ1) is 11.8. The lowest BCUT2D eigenvalue weighted by molar-refractivity contribution is -0.153. The molecule has 2 heterocycles. The highest BCUT2D eigenvalue weighted by Crippen LogP contribution is 2.25. The number of aromatic nitrogens is 2. The number of fused-ring (bicyclic) bond motifs is 1. The number of pyridine rings is 1. The van der Waals surface area contributed by atoms with Crippen molar-refractivity contribution >= 4 is 21.9 Å². The number of benzene rings is 1. The SMILES string of the molecule is Cc1c(OCC(F)(F)F)ccnc1CS(=O)c1nc2ccccc2o1. The van der Waals surface area contributed by atoms with Gasteiger partial charge in [0, 0.05) is 11.8 Å². The van der Waals surface area contributed by atoms with Gasteiger partial charge in [0.05, 0.1) is 11.4 Å². The van der Waals surface area contributed by atoms with Gasteiger partial charge in [0.25, 0.3) is 5.22 Å². The highest BCUT2D eigenvalue weighted by atomic mass is 32.2. The quantitative estimate of drug-likeness (QED) is 0.684. The Kier molecular flexibility index (Phi) is 4.76. The second kappa shape index (κ2) is 6.83. The number of para-hydroxylation sites is 2. The molecule has 1 unspecified atom stereocenters. The number of alkyl halides is 3. The summed E-state index contributed by atoms with van der Waals surface area (Å²) in [6.45, 7) is 0.169. The second-order valence-electron chi connectivity index (χ2n) is 5.22. The molecule has 132 valence electrons. The zero-order valence-corrected chi connectivity index (χ0v) is 13.9. The molecule has 0 saturated carbocycles. The minimum atomic E-state index is -4.43. The van der Waals surface area contributed by atoms with Gasteiger partial charge in [0.2, 0.25) is 0 Å². The molecule has 3 aromatic rings. The summed E-state index contributed by atoms with van der Waals surface area (Å²) in [6.07, 6.45) is -3.12. The summed E-state index contributed by atoms with van der Waals surface area (Å²) in [6, 6.07) is 8.33. The number of hydrogen-bond acceptors (Lipinski definition) is 5. The van der Waals surface area contributed by atoms with E-state index in [2.05, 4.69) is 9.97 Å². The molecule has 25 heavy (non-hydrogen) atoms. The van der Waals surface area contributed by atoms with Crippen molar-refractivity contribution < 1.29 is 26.5 Å². The fraction of sp³-hybridized carbons (Fsp3) is 0.250. The number of nitrogens with zero attached hydrogens (tertiary/aromatic N) is 2. The van der Waals surface area contributed by atoms with Crippen LogP contribution >= 0.6 is 0 Å². The zero-order chi connectivity index (χ0) is 18.0. The fourth-order valence-electron chi connectivity index (χ4n) is 2.15. The van der Waals surface area contributed by atoms with Gasteiger partial charge in [-0.05, 0) is 25.1 Å². The summed E-state index contributed by atoms with van der Waals surface area (Å²) >= 11 is 0. The summed E-state index contributed by atoms with van der Waals surface area (Å²) in [5, 5.41) is 0.0454. The van der Waals surface area contributed by atoms with Gasteiger partial charge in [-0.25, -0.2) is 9.19 Å². The van der Waals surface area contributed by atoms with Crippen molar-refractivity contribution in [2.24, 2.45) is 0 Å². The van der Waals surface area contributed by atoms with E-state index in [4.69, 9.17) is 9.15 Å². The van der Waals surface area contributed by atoms with Gasteiger partial charge in [-0.15, -0.1) is 0 Å². The van der Waals surface area contributed by atoms with Crippen LogP contribution in [-0.4, -0.2) is 27.0 Å². The second-order valence-corrected chi connectivity index (χ2v) is 6.55. The summed E-state index contributed by atoms with van der Waals surface area (Å²) in [5.74, 6) is 0.0129.